The molecule has 192 valence electrons. The highest BCUT2D eigenvalue weighted by molar-refractivity contribution is 7.89. The van der Waals surface area contributed by atoms with Crippen molar-refractivity contribution >= 4 is 43.3 Å². The monoisotopic (exact) mass is 543 g/mol. The summed E-state index contributed by atoms with van der Waals surface area (Å²) in [6.45, 7) is 0.256. The maximum absolute atomic E-state index is 13.3. The zero-order chi connectivity index (χ0) is 26.3. The quantitative estimate of drug-likeness (QED) is 0.310. The SMILES string of the molecule is CN(Cc1ccccc1)S(=O)(=O)c1ccc(C(=O)Nc2c3c(nn2-c2nc4ccccc4s2)CCC3)cc1. The zero-order valence-electron chi connectivity index (χ0n) is 20.7. The van der Waals surface area contributed by atoms with Crippen LogP contribution in [-0.2, 0) is 29.4 Å². The van der Waals surface area contributed by atoms with Crippen molar-refractivity contribution in [2.75, 3.05) is 12.4 Å². The fourth-order valence-electron chi connectivity index (χ4n) is 4.67. The number of anilines is 1. The first-order valence-electron chi connectivity index (χ1n) is 12.3. The van der Waals surface area contributed by atoms with Gasteiger partial charge in [-0.2, -0.15) is 14.1 Å². The minimum Gasteiger partial charge on any atom is -0.306 e. The highest BCUT2D eigenvalue weighted by Gasteiger charge is 2.26. The summed E-state index contributed by atoms with van der Waals surface area (Å²) >= 11 is 1.52. The van der Waals surface area contributed by atoms with Crippen molar-refractivity contribution in [3.63, 3.8) is 0 Å². The Hall–Kier alpha value is -3.86. The normalized spacial score (nSPS) is 13.2. The molecule has 5 aromatic rings. The first-order valence-corrected chi connectivity index (χ1v) is 14.5. The predicted molar refractivity (Wildman–Crippen MR) is 148 cm³/mol. The minimum absolute atomic E-state index is 0.132. The molecule has 1 aliphatic rings. The average molecular weight is 544 g/mol. The summed E-state index contributed by atoms with van der Waals surface area (Å²) in [5.74, 6) is 0.296. The van der Waals surface area contributed by atoms with Gasteiger partial charge in [0.15, 0.2) is 0 Å². The standard InChI is InChI=1S/C28H25N5O3S2/c1-32(18-19-8-3-2-4-9-19)38(35,36)21-16-14-20(15-17-21)27(34)30-26-22-10-7-12-23(22)31-33(26)28-29-24-11-5-6-13-25(24)37-28/h2-6,8-9,11,13-17H,7,10,12,18H2,1H3,(H,30,34). The molecule has 0 saturated carbocycles. The number of rotatable bonds is 7. The third kappa shape index (κ3) is 4.51. The Bertz CT molecular complexity index is 1710. The van der Waals surface area contributed by atoms with E-state index >= 15 is 0 Å². The number of amides is 1. The molecule has 0 saturated heterocycles. The zero-order valence-corrected chi connectivity index (χ0v) is 22.3. The molecule has 0 radical (unpaired) electrons. The number of nitrogens with one attached hydrogen (secondary N) is 1. The number of benzene rings is 3. The summed E-state index contributed by atoms with van der Waals surface area (Å²) in [6, 6.07) is 23.3. The summed E-state index contributed by atoms with van der Waals surface area (Å²) in [7, 11) is -2.16. The molecule has 3 aromatic carbocycles. The molecule has 1 N–H and O–H groups in total. The molecule has 0 atom stereocenters. The van der Waals surface area contributed by atoms with Gasteiger partial charge in [0, 0.05) is 24.7 Å². The van der Waals surface area contributed by atoms with E-state index in [4.69, 9.17) is 10.1 Å². The van der Waals surface area contributed by atoms with E-state index in [1.165, 1.54) is 39.9 Å². The van der Waals surface area contributed by atoms with Crippen molar-refractivity contribution in [2.24, 2.45) is 0 Å². The summed E-state index contributed by atoms with van der Waals surface area (Å²) in [4.78, 5) is 18.1. The number of hydrogen-bond acceptors (Lipinski definition) is 6. The van der Waals surface area contributed by atoms with Crippen LogP contribution in [0.15, 0.2) is 83.8 Å². The van der Waals surface area contributed by atoms with Crippen LogP contribution in [0.5, 0.6) is 0 Å². The van der Waals surface area contributed by atoms with E-state index in [0.717, 1.165) is 46.3 Å². The van der Waals surface area contributed by atoms with Crippen molar-refractivity contribution in [1.29, 1.82) is 0 Å². The van der Waals surface area contributed by atoms with Crippen LogP contribution in [0.3, 0.4) is 0 Å². The Morgan fingerprint density at radius 1 is 1.00 bits per heavy atom. The van der Waals surface area contributed by atoms with E-state index in [0.29, 0.717) is 16.5 Å². The Morgan fingerprint density at radius 3 is 2.50 bits per heavy atom. The van der Waals surface area contributed by atoms with Crippen molar-refractivity contribution in [1.82, 2.24) is 19.1 Å². The maximum atomic E-state index is 13.3. The van der Waals surface area contributed by atoms with Crippen molar-refractivity contribution in [3.05, 3.63) is 101 Å². The van der Waals surface area contributed by atoms with Gasteiger partial charge in [0.2, 0.25) is 15.2 Å². The molecule has 6 rings (SSSR count). The molecule has 8 nitrogen and oxygen atoms in total. The maximum Gasteiger partial charge on any atom is 0.256 e. The molecule has 0 aliphatic heterocycles. The van der Waals surface area contributed by atoms with Gasteiger partial charge >= 0.3 is 0 Å². The highest BCUT2D eigenvalue weighted by atomic mass is 32.2. The van der Waals surface area contributed by atoms with Crippen LogP contribution in [-0.4, -0.2) is 40.4 Å². The molecule has 0 unspecified atom stereocenters. The number of carbonyl (C=O) groups excluding carboxylic acids is 1. The van der Waals surface area contributed by atoms with Crippen LogP contribution < -0.4 is 5.32 Å². The van der Waals surface area contributed by atoms with Gasteiger partial charge < -0.3 is 5.32 Å². The van der Waals surface area contributed by atoms with Crippen LogP contribution in [0.25, 0.3) is 15.3 Å². The fourth-order valence-corrected chi connectivity index (χ4v) is 6.76. The van der Waals surface area contributed by atoms with Crippen LogP contribution in [0.1, 0.15) is 33.6 Å². The molecule has 10 heteroatoms. The lowest BCUT2D eigenvalue weighted by atomic mass is 10.2. The Labute approximate surface area is 224 Å². The van der Waals surface area contributed by atoms with Crippen molar-refractivity contribution < 1.29 is 13.2 Å². The number of sulfonamides is 1. The first kappa shape index (κ1) is 24.5. The van der Waals surface area contributed by atoms with Crippen LogP contribution in [0, 0.1) is 0 Å². The second kappa shape index (κ2) is 9.79. The van der Waals surface area contributed by atoms with E-state index in [9.17, 15) is 13.2 Å². The molecule has 1 amide bonds. The molecule has 0 fully saturated rings. The van der Waals surface area contributed by atoms with Gasteiger partial charge in [0.25, 0.3) is 5.91 Å². The van der Waals surface area contributed by atoms with Crippen LogP contribution >= 0.6 is 11.3 Å². The number of thiazole rings is 1. The van der Waals surface area contributed by atoms with Crippen molar-refractivity contribution in [2.45, 2.75) is 30.7 Å². The molecule has 2 aromatic heterocycles. The summed E-state index contributed by atoms with van der Waals surface area (Å²) in [6.07, 6.45) is 2.68. The second-order valence-corrected chi connectivity index (χ2v) is 12.3. The fraction of sp³-hybridized carbons (Fsp3) is 0.179. The van der Waals surface area contributed by atoms with Crippen LogP contribution in [0.2, 0.25) is 0 Å². The minimum atomic E-state index is -3.71. The van der Waals surface area contributed by atoms with Gasteiger partial charge in [-0.25, -0.2) is 13.4 Å². The van der Waals surface area contributed by atoms with Gasteiger partial charge in [-0.1, -0.05) is 53.8 Å². The smallest absolute Gasteiger partial charge is 0.256 e. The van der Waals surface area contributed by atoms with E-state index in [1.54, 1.807) is 11.7 Å². The van der Waals surface area contributed by atoms with Gasteiger partial charge in [-0.15, -0.1) is 0 Å². The second-order valence-electron chi connectivity index (χ2n) is 9.23. The van der Waals surface area contributed by atoms with Gasteiger partial charge in [-0.05, 0) is 61.2 Å². The Balaban J connectivity index is 1.24. The largest absolute Gasteiger partial charge is 0.306 e. The third-order valence-electron chi connectivity index (χ3n) is 6.68. The van der Waals surface area contributed by atoms with E-state index in [-0.39, 0.29) is 17.3 Å². The number of aromatic nitrogens is 3. The number of para-hydroxylation sites is 1. The molecule has 0 bridgehead atoms. The van der Waals surface area contributed by atoms with Gasteiger partial charge in [0.05, 0.1) is 20.8 Å². The number of fused-ring (bicyclic) bond motifs is 2. The topological polar surface area (TPSA) is 97.2 Å². The lowest BCUT2D eigenvalue weighted by Crippen LogP contribution is -2.26. The van der Waals surface area contributed by atoms with E-state index < -0.39 is 10.0 Å². The van der Waals surface area contributed by atoms with Crippen molar-refractivity contribution in [3.8, 4) is 5.13 Å². The summed E-state index contributed by atoms with van der Waals surface area (Å²) < 4.78 is 30.2. The first-order chi connectivity index (χ1) is 18.4. The average Bonchev–Trinajstić information content (AvgIpc) is 3.65. The van der Waals surface area contributed by atoms with Crippen LogP contribution in [0.4, 0.5) is 5.82 Å². The third-order valence-corrected chi connectivity index (χ3v) is 9.51. The molecule has 2 heterocycles. The molecular weight excluding hydrogens is 518 g/mol. The summed E-state index contributed by atoms with van der Waals surface area (Å²) in [5, 5.41) is 8.49. The lowest BCUT2D eigenvalue weighted by molar-refractivity contribution is 0.102. The summed E-state index contributed by atoms with van der Waals surface area (Å²) in [5.41, 5.74) is 4.14. The Kier molecular flexibility index (Phi) is 6.30. The molecular formula is C28H25N5O3S2. The Morgan fingerprint density at radius 2 is 1.74 bits per heavy atom. The number of hydrogen-bond donors (Lipinski definition) is 1. The lowest BCUT2D eigenvalue weighted by Gasteiger charge is -2.17. The number of nitrogens with zero attached hydrogens (tertiary/aromatic N) is 4. The van der Waals surface area contributed by atoms with E-state index in [2.05, 4.69) is 5.32 Å². The molecule has 1 aliphatic carbocycles. The molecule has 0 spiro atoms. The molecule has 38 heavy (non-hydrogen) atoms. The van der Waals surface area contributed by atoms with Gasteiger partial charge in [-0.3, -0.25) is 4.79 Å². The number of aryl methyl sites for hydroxylation is 1. The van der Waals surface area contributed by atoms with Gasteiger partial charge in [0.1, 0.15) is 5.82 Å². The van der Waals surface area contributed by atoms with E-state index in [1.807, 2.05) is 54.6 Å². The predicted octanol–water partition coefficient (Wildman–Crippen LogP) is 5.04. The highest BCUT2D eigenvalue weighted by Crippen LogP contribution is 2.34. The number of carbonyl (C=O) groups is 1.